The third kappa shape index (κ3) is 4.27. The molecule has 0 saturated carbocycles. The van der Waals surface area contributed by atoms with Gasteiger partial charge in [0.2, 0.25) is 5.91 Å². The Morgan fingerprint density at radius 1 is 1.07 bits per heavy atom. The Balaban J connectivity index is 1.36. The molecule has 2 heterocycles. The second kappa shape index (κ2) is 8.41. The van der Waals surface area contributed by atoms with Crippen molar-refractivity contribution in [1.82, 2.24) is 14.9 Å². The maximum absolute atomic E-state index is 12.4. The minimum atomic E-state index is -0.110. The highest BCUT2D eigenvalue weighted by Crippen LogP contribution is 2.21. The molecular formula is C23H21N3O2S. The van der Waals surface area contributed by atoms with Gasteiger partial charge >= 0.3 is 0 Å². The molecule has 0 aliphatic heterocycles. The van der Waals surface area contributed by atoms with E-state index in [1.54, 1.807) is 6.07 Å². The lowest BCUT2D eigenvalue weighted by atomic mass is 10.0. The van der Waals surface area contributed by atoms with Gasteiger partial charge in [-0.05, 0) is 35.1 Å². The number of fused-ring (bicyclic) bond motifs is 1. The topological polar surface area (TPSA) is 64.0 Å². The molecule has 0 radical (unpaired) electrons. The predicted octanol–water partition coefficient (Wildman–Crippen LogP) is 4.39. The summed E-state index contributed by atoms with van der Waals surface area (Å²) in [5.74, 6) is -0.0954. The summed E-state index contributed by atoms with van der Waals surface area (Å²) in [5, 5.41) is 5.45. The average Bonchev–Trinajstić information content (AvgIpc) is 3.24. The van der Waals surface area contributed by atoms with Gasteiger partial charge in [0, 0.05) is 13.0 Å². The largest absolute Gasteiger partial charge is 0.350 e. The van der Waals surface area contributed by atoms with E-state index in [-0.39, 0.29) is 23.9 Å². The van der Waals surface area contributed by atoms with E-state index in [4.69, 9.17) is 0 Å². The van der Waals surface area contributed by atoms with Gasteiger partial charge in [-0.1, -0.05) is 54.6 Å². The SMILES string of the molecule is C[C@H](NC(=O)CCn1cnc2sccc2c1=O)c1ccc(-c2ccccc2)cc1. The molecule has 2 aromatic carbocycles. The van der Waals surface area contributed by atoms with Crippen molar-refractivity contribution in [2.45, 2.75) is 25.9 Å². The first-order valence-electron chi connectivity index (χ1n) is 9.49. The summed E-state index contributed by atoms with van der Waals surface area (Å²) in [6, 6.07) is 20.0. The number of nitrogens with zero attached hydrogens (tertiary/aromatic N) is 2. The number of aromatic nitrogens is 2. The molecule has 1 amide bonds. The van der Waals surface area contributed by atoms with Gasteiger partial charge in [0.1, 0.15) is 4.83 Å². The summed E-state index contributed by atoms with van der Waals surface area (Å²) >= 11 is 1.44. The fourth-order valence-corrected chi connectivity index (χ4v) is 3.99. The third-order valence-electron chi connectivity index (χ3n) is 4.93. The maximum atomic E-state index is 12.4. The highest BCUT2D eigenvalue weighted by Gasteiger charge is 2.11. The summed E-state index contributed by atoms with van der Waals surface area (Å²) < 4.78 is 1.49. The van der Waals surface area contributed by atoms with E-state index in [1.165, 1.54) is 22.2 Å². The molecule has 0 fully saturated rings. The molecule has 146 valence electrons. The molecule has 1 atom stereocenters. The molecule has 5 nitrogen and oxygen atoms in total. The Labute approximate surface area is 172 Å². The molecule has 0 unspecified atom stereocenters. The van der Waals surface area contributed by atoms with Crippen LogP contribution in [0.3, 0.4) is 0 Å². The minimum Gasteiger partial charge on any atom is -0.350 e. The molecule has 2 aromatic heterocycles. The lowest BCUT2D eigenvalue weighted by Crippen LogP contribution is -2.29. The van der Waals surface area contributed by atoms with E-state index in [0.29, 0.717) is 11.9 Å². The normalized spacial score (nSPS) is 12.0. The number of benzene rings is 2. The Kier molecular flexibility index (Phi) is 5.53. The van der Waals surface area contributed by atoms with Crippen LogP contribution in [0.5, 0.6) is 0 Å². The molecule has 29 heavy (non-hydrogen) atoms. The van der Waals surface area contributed by atoms with Gasteiger partial charge < -0.3 is 5.32 Å². The molecule has 4 rings (SSSR count). The summed E-state index contributed by atoms with van der Waals surface area (Å²) in [6.45, 7) is 2.27. The molecule has 0 spiro atoms. The monoisotopic (exact) mass is 403 g/mol. The minimum absolute atomic E-state index is 0.0954. The molecule has 0 bridgehead atoms. The third-order valence-corrected chi connectivity index (χ3v) is 5.75. The summed E-state index contributed by atoms with van der Waals surface area (Å²) in [5.41, 5.74) is 3.24. The van der Waals surface area contributed by atoms with Crippen LogP contribution in [0, 0.1) is 0 Å². The van der Waals surface area contributed by atoms with Crippen molar-refractivity contribution in [3.63, 3.8) is 0 Å². The van der Waals surface area contributed by atoms with Crippen molar-refractivity contribution < 1.29 is 4.79 Å². The van der Waals surface area contributed by atoms with E-state index in [1.807, 2.05) is 42.6 Å². The highest BCUT2D eigenvalue weighted by atomic mass is 32.1. The van der Waals surface area contributed by atoms with Crippen molar-refractivity contribution in [3.05, 3.63) is 88.3 Å². The summed E-state index contributed by atoms with van der Waals surface area (Å²) in [4.78, 5) is 29.8. The quantitative estimate of drug-likeness (QED) is 0.519. The van der Waals surface area contributed by atoms with Gasteiger partial charge in [0.05, 0.1) is 17.8 Å². The Bertz CT molecular complexity index is 1180. The number of thiophene rings is 1. The van der Waals surface area contributed by atoms with Crippen LogP contribution >= 0.6 is 11.3 Å². The van der Waals surface area contributed by atoms with Gasteiger partial charge in [0.15, 0.2) is 0 Å². The zero-order valence-corrected chi connectivity index (χ0v) is 16.9. The molecule has 0 aliphatic carbocycles. The van der Waals surface area contributed by atoms with E-state index >= 15 is 0 Å². The molecule has 4 aromatic rings. The number of aryl methyl sites for hydroxylation is 1. The number of nitrogens with one attached hydrogen (secondary N) is 1. The van der Waals surface area contributed by atoms with Crippen LogP contribution in [-0.2, 0) is 11.3 Å². The number of hydrogen-bond acceptors (Lipinski definition) is 4. The highest BCUT2D eigenvalue weighted by molar-refractivity contribution is 7.16. The van der Waals surface area contributed by atoms with Crippen molar-refractivity contribution in [1.29, 1.82) is 0 Å². The van der Waals surface area contributed by atoms with Crippen LogP contribution in [0.1, 0.15) is 24.9 Å². The number of hydrogen-bond donors (Lipinski definition) is 1. The van der Waals surface area contributed by atoms with Crippen molar-refractivity contribution in [2.24, 2.45) is 0 Å². The lowest BCUT2D eigenvalue weighted by Gasteiger charge is -2.15. The van der Waals surface area contributed by atoms with E-state index in [2.05, 4.69) is 34.6 Å². The Hall–Kier alpha value is -3.25. The van der Waals surface area contributed by atoms with Gasteiger partial charge in [-0.25, -0.2) is 4.98 Å². The number of carbonyl (C=O) groups excluding carboxylic acids is 1. The smallest absolute Gasteiger partial charge is 0.262 e. The first-order valence-corrected chi connectivity index (χ1v) is 10.4. The van der Waals surface area contributed by atoms with Gasteiger partial charge in [0.25, 0.3) is 5.56 Å². The van der Waals surface area contributed by atoms with Crippen LogP contribution in [0.2, 0.25) is 0 Å². The molecule has 0 aliphatic rings. The Morgan fingerprint density at radius 2 is 1.79 bits per heavy atom. The van der Waals surface area contributed by atoms with Gasteiger partial charge in [-0.15, -0.1) is 11.3 Å². The molecule has 6 heteroatoms. The van der Waals surface area contributed by atoms with Crippen molar-refractivity contribution in [2.75, 3.05) is 0 Å². The number of amides is 1. The van der Waals surface area contributed by atoms with E-state index in [0.717, 1.165) is 21.5 Å². The van der Waals surface area contributed by atoms with Crippen LogP contribution in [0.25, 0.3) is 21.3 Å². The summed E-state index contributed by atoms with van der Waals surface area (Å²) in [7, 11) is 0. The molecular weight excluding hydrogens is 382 g/mol. The predicted molar refractivity (Wildman–Crippen MR) is 117 cm³/mol. The standard InChI is InChI=1S/C23H21N3O2S/c1-16(17-7-9-19(10-8-17)18-5-3-2-4-6-18)25-21(27)11-13-26-15-24-22-20(23(26)28)12-14-29-22/h2-10,12,14-16H,11,13H2,1H3,(H,25,27)/t16-/m0/s1. The first-order chi connectivity index (χ1) is 14.1. The first kappa shape index (κ1) is 19.1. The summed E-state index contributed by atoms with van der Waals surface area (Å²) in [6.07, 6.45) is 1.74. The van der Waals surface area contributed by atoms with Crippen molar-refractivity contribution >= 4 is 27.5 Å². The maximum Gasteiger partial charge on any atom is 0.262 e. The van der Waals surface area contributed by atoms with Gasteiger partial charge in [-0.3, -0.25) is 14.2 Å². The fourth-order valence-electron chi connectivity index (χ4n) is 3.27. The van der Waals surface area contributed by atoms with Gasteiger partial charge in [-0.2, -0.15) is 0 Å². The second-order valence-electron chi connectivity index (χ2n) is 6.91. The lowest BCUT2D eigenvalue weighted by molar-refractivity contribution is -0.121. The van der Waals surface area contributed by atoms with Crippen molar-refractivity contribution in [3.8, 4) is 11.1 Å². The Morgan fingerprint density at radius 3 is 2.55 bits per heavy atom. The zero-order chi connectivity index (χ0) is 20.2. The van der Waals surface area contributed by atoms with E-state index < -0.39 is 0 Å². The van der Waals surface area contributed by atoms with Crippen LogP contribution in [0.15, 0.2) is 77.2 Å². The number of carbonyl (C=O) groups is 1. The fraction of sp³-hybridized carbons (Fsp3) is 0.174. The van der Waals surface area contributed by atoms with Crippen LogP contribution in [0.4, 0.5) is 0 Å². The molecule has 0 saturated heterocycles. The van der Waals surface area contributed by atoms with Crippen LogP contribution in [-0.4, -0.2) is 15.5 Å². The number of rotatable bonds is 6. The van der Waals surface area contributed by atoms with E-state index in [9.17, 15) is 9.59 Å². The second-order valence-corrected chi connectivity index (χ2v) is 7.80. The zero-order valence-electron chi connectivity index (χ0n) is 16.0. The average molecular weight is 404 g/mol. The molecule has 1 N–H and O–H groups in total. The van der Waals surface area contributed by atoms with Crippen LogP contribution < -0.4 is 10.9 Å².